The second kappa shape index (κ2) is 5.34. The van der Waals surface area contributed by atoms with E-state index in [1.165, 1.54) is 25.7 Å². The fraction of sp³-hybridized carbons (Fsp3) is 0.400. The third kappa shape index (κ3) is 2.89. The zero-order valence-corrected chi connectivity index (χ0v) is 11.0. The molecule has 100 valence electrons. The molecule has 4 nitrogen and oxygen atoms in total. The largest absolute Gasteiger partial charge is 0.487 e. The average molecular weight is 257 g/mol. The van der Waals surface area contributed by atoms with Crippen molar-refractivity contribution in [3.8, 4) is 5.75 Å². The van der Waals surface area contributed by atoms with E-state index in [-0.39, 0.29) is 0 Å². The van der Waals surface area contributed by atoms with Crippen LogP contribution in [0.25, 0.3) is 0 Å². The molecule has 19 heavy (non-hydrogen) atoms. The van der Waals surface area contributed by atoms with Crippen molar-refractivity contribution in [2.24, 2.45) is 0 Å². The Kier molecular flexibility index (Phi) is 3.40. The van der Waals surface area contributed by atoms with Crippen molar-refractivity contribution in [2.45, 2.75) is 38.3 Å². The van der Waals surface area contributed by atoms with Crippen LogP contribution in [0.15, 0.2) is 36.5 Å². The molecule has 1 saturated carbocycles. The van der Waals surface area contributed by atoms with E-state index in [1.807, 2.05) is 30.3 Å². The Morgan fingerprint density at radius 2 is 1.89 bits per heavy atom. The molecule has 3 rings (SSSR count). The van der Waals surface area contributed by atoms with Crippen LogP contribution in [-0.4, -0.2) is 9.78 Å². The lowest BCUT2D eigenvalue weighted by atomic mass is 10.3. The Balaban J connectivity index is 1.59. The average Bonchev–Trinajstić information content (AvgIpc) is 3.09. The van der Waals surface area contributed by atoms with Gasteiger partial charge >= 0.3 is 0 Å². The summed E-state index contributed by atoms with van der Waals surface area (Å²) in [6.45, 7) is 0.504. The lowest BCUT2D eigenvalue weighted by molar-refractivity contribution is 0.298. The predicted octanol–water partition coefficient (Wildman–Crippen LogP) is 3.16. The number of nitrogen functional groups attached to an aromatic ring is 1. The zero-order chi connectivity index (χ0) is 13.1. The summed E-state index contributed by atoms with van der Waals surface area (Å²) in [6, 6.07) is 10.1. The van der Waals surface area contributed by atoms with Gasteiger partial charge in [0, 0.05) is 11.9 Å². The normalized spacial score (nSPS) is 15.8. The van der Waals surface area contributed by atoms with Crippen LogP contribution in [0.2, 0.25) is 0 Å². The van der Waals surface area contributed by atoms with E-state index < -0.39 is 0 Å². The molecular weight excluding hydrogens is 238 g/mol. The van der Waals surface area contributed by atoms with Crippen molar-refractivity contribution in [1.29, 1.82) is 0 Å². The van der Waals surface area contributed by atoms with Gasteiger partial charge in [-0.05, 0) is 43.2 Å². The molecule has 0 radical (unpaired) electrons. The van der Waals surface area contributed by atoms with Gasteiger partial charge in [0.05, 0.1) is 11.7 Å². The van der Waals surface area contributed by atoms with E-state index in [1.54, 1.807) is 0 Å². The molecule has 1 aliphatic rings. The van der Waals surface area contributed by atoms with E-state index in [2.05, 4.69) is 16.0 Å². The minimum absolute atomic E-state index is 0.504. The van der Waals surface area contributed by atoms with Crippen LogP contribution in [0.4, 0.5) is 5.69 Å². The molecule has 0 unspecified atom stereocenters. The Hall–Kier alpha value is -1.97. The highest BCUT2D eigenvalue weighted by Gasteiger charge is 2.17. The molecule has 1 heterocycles. The zero-order valence-electron chi connectivity index (χ0n) is 11.0. The fourth-order valence-corrected chi connectivity index (χ4v) is 2.55. The Morgan fingerprint density at radius 3 is 2.63 bits per heavy atom. The molecule has 0 saturated heterocycles. The first-order chi connectivity index (χ1) is 9.31. The summed E-state index contributed by atoms with van der Waals surface area (Å²) >= 11 is 0. The van der Waals surface area contributed by atoms with Crippen LogP contribution in [0, 0.1) is 0 Å². The van der Waals surface area contributed by atoms with E-state index in [0.717, 1.165) is 17.1 Å². The Morgan fingerprint density at radius 1 is 1.16 bits per heavy atom. The van der Waals surface area contributed by atoms with Gasteiger partial charge in [0.25, 0.3) is 0 Å². The van der Waals surface area contributed by atoms with Gasteiger partial charge in [0.15, 0.2) is 0 Å². The first kappa shape index (κ1) is 12.1. The summed E-state index contributed by atoms with van der Waals surface area (Å²) in [6.07, 6.45) is 7.21. The maximum atomic E-state index is 5.69. The number of nitrogens with zero attached hydrogens (tertiary/aromatic N) is 2. The molecule has 1 aliphatic carbocycles. The van der Waals surface area contributed by atoms with Crippen LogP contribution < -0.4 is 10.5 Å². The van der Waals surface area contributed by atoms with Crippen LogP contribution in [0.5, 0.6) is 5.75 Å². The summed E-state index contributed by atoms with van der Waals surface area (Å²) < 4.78 is 7.78. The highest BCUT2D eigenvalue weighted by molar-refractivity contribution is 5.41. The number of hydrogen-bond donors (Lipinski definition) is 1. The second-order valence-corrected chi connectivity index (χ2v) is 5.08. The quantitative estimate of drug-likeness (QED) is 0.856. The van der Waals surface area contributed by atoms with Crippen molar-refractivity contribution < 1.29 is 4.74 Å². The van der Waals surface area contributed by atoms with Crippen molar-refractivity contribution in [2.75, 3.05) is 5.73 Å². The standard InChI is InChI=1S/C15H19N3O/c16-12-5-7-15(8-6-12)19-11-13-9-10-18(17-13)14-3-1-2-4-14/h5-10,14H,1-4,11,16H2. The molecule has 2 aromatic rings. The number of nitrogens with two attached hydrogens (primary N) is 1. The van der Waals surface area contributed by atoms with Crippen molar-refractivity contribution in [1.82, 2.24) is 9.78 Å². The van der Waals surface area contributed by atoms with Gasteiger partial charge in [-0.15, -0.1) is 0 Å². The summed E-state index contributed by atoms with van der Waals surface area (Å²) in [7, 11) is 0. The van der Waals surface area contributed by atoms with Gasteiger partial charge in [-0.2, -0.15) is 5.10 Å². The summed E-state index contributed by atoms with van der Waals surface area (Å²) in [4.78, 5) is 0. The molecule has 2 N–H and O–H groups in total. The third-order valence-corrected chi connectivity index (χ3v) is 3.63. The second-order valence-electron chi connectivity index (χ2n) is 5.08. The third-order valence-electron chi connectivity index (χ3n) is 3.63. The molecule has 0 amide bonds. The molecular formula is C15H19N3O. The summed E-state index contributed by atoms with van der Waals surface area (Å²) in [5, 5.41) is 4.59. The van der Waals surface area contributed by atoms with Gasteiger partial charge in [-0.3, -0.25) is 4.68 Å². The number of hydrogen-bond acceptors (Lipinski definition) is 3. The van der Waals surface area contributed by atoms with E-state index in [9.17, 15) is 0 Å². The number of aromatic nitrogens is 2. The number of anilines is 1. The van der Waals surface area contributed by atoms with Crippen LogP contribution in [-0.2, 0) is 6.61 Å². The Labute approximate surface area is 113 Å². The fourth-order valence-electron chi connectivity index (χ4n) is 2.55. The van der Waals surface area contributed by atoms with Crippen LogP contribution >= 0.6 is 0 Å². The highest BCUT2D eigenvalue weighted by atomic mass is 16.5. The van der Waals surface area contributed by atoms with Crippen molar-refractivity contribution in [3.63, 3.8) is 0 Å². The minimum Gasteiger partial charge on any atom is -0.487 e. The topological polar surface area (TPSA) is 53.1 Å². The van der Waals surface area contributed by atoms with Gasteiger partial charge in [-0.1, -0.05) is 12.8 Å². The number of ether oxygens (including phenoxy) is 1. The molecule has 1 aromatic heterocycles. The van der Waals surface area contributed by atoms with Gasteiger partial charge in [0.1, 0.15) is 12.4 Å². The molecule has 1 fully saturated rings. The van der Waals surface area contributed by atoms with Crippen molar-refractivity contribution in [3.05, 3.63) is 42.2 Å². The number of benzene rings is 1. The smallest absolute Gasteiger partial charge is 0.132 e. The van der Waals surface area contributed by atoms with E-state index >= 15 is 0 Å². The molecule has 0 bridgehead atoms. The first-order valence-corrected chi connectivity index (χ1v) is 6.83. The SMILES string of the molecule is Nc1ccc(OCc2ccn(C3CCCC3)n2)cc1. The maximum absolute atomic E-state index is 5.69. The predicted molar refractivity (Wildman–Crippen MR) is 74.9 cm³/mol. The van der Waals surface area contributed by atoms with E-state index in [0.29, 0.717) is 12.6 Å². The molecule has 4 heteroatoms. The summed E-state index contributed by atoms with van der Waals surface area (Å²) in [5.41, 5.74) is 7.36. The van der Waals surface area contributed by atoms with E-state index in [4.69, 9.17) is 10.5 Å². The van der Waals surface area contributed by atoms with Crippen LogP contribution in [0.1, 0.15) is 37.4 Å². The molecule has 1 aromatic carbocycles. The summed E-state index contributed by atoms with van der Waals surface area (Å²) in [5.74, 6) is 0.824. The lowest BCUT2D eigenvalue weighted by Gasteiger charge is -2.09. The first-order valence-electron chi connectivity index (χ1n) is 6.83. The molecule has 0 aliphatic heterocycles. The minimum atomic E-state index is 0.504. The van der Waals surface area contributed by atoms with Gasteiger partial charge < -0.3 is 10.5 Å². The highest BCUT2D eigenvalue weighted by Crippen LogP contribution is 2.28. The van der Waals surface area contributed by atoms with Gasteiger partial charge in [-0.25, -0.2) is 0 Å². The number of rotatable bonds is 4. The lowest BCUT2D eigenvalue weighted by Crippen LogP contribution is -2.06. The maximum Gasteiger partial charge on any atom is 0.132 e. The van der Waals surface area contributed by atoms with Crippen molar-refractivity contribution >= 4 is 5.69 Å². The van der Waals surface area contributed by atoms with Gasteiger partial charge in [0.2, 0.25) is 0 Å². The molecule has 0 spiro atoms. The van der Waals surface area contributed by atoms with Crippen LogP contribution in [0.3, 0.4) is 0 Å². The monoisotopic (exact) mass is 257 g/mol. The Bertz CT molecular complexity index is 527. The molecule has 0 atom stereocenters.